The van der Waals surface area contributed by atoms with Crippen molar-refractivity contribution in [1.82, 2.24) is 0 Å². The van der Waals surface area contributed by atoms with Crippen LogP contribution >= 0.6 is 0 Å². The van der Waals surface area contributed by atoms with Gasteiger partial charge in [0.25, 0.3) is 0 Å². The van der Waals surface area contributed by atoms with Gasteiger partial charge in [-0.2, -0.15) is 0 Å². The Bertz CT molecular complexity index is 354. The quantitative estimate of drug-likeness (QED) is 0.855. The van der Waals surface area contributed by atoms with Gasteiger partial charge in [0.15, 0.2) is 6.29 Å². The molecule has 100 valence electrons. The smallest absolute Gasteiger partial charge is 0.184 e. The van der Waals surface area contributed by atoms with Crippen LogP contribution in [-0.2, 0) is 9.47 Å². The van der Waals surface area contributed by atoms with E-state index in [0.29, 0.717) is 6.42 Å². The maximum atomic E-state index is 9.97. The third-order valence-corrected chi connectivity index (χ3v) is 3.11. The van der Waals surface area contributed by atoms with Gasteiger partial charge in [-0.05, 0) is 6.42 Å². The minimum atomic E-state index is -0.772. The van der Waals surface area contributed by atoms with Gasteiger partial charge < -0.3 is 19.7 Å². The van der Waals surface area contributed by atoms with Gasteiger partial charge in [0.05, 0.1) is 12.7 Å². The van der Waals surface area contributed by atoms with Crippen LogP contribution in [0.25, 0.3) is 0 Å². The van der Waals surface area contributed by atoms with Crippen LogP contribution in [0.2, 0.25) is 0 Å². The molecular weight excluding hydrogens is 232 g/mol. The van der Waals surface area contributed by atoms with Crippen molar-refractivity contribution in [2.45, 2.75) is 44.4 Å². The van der Waals surface area contributed by atoms with Crippen LogP contribution in [0.5, 0.6) is 0 Å². The average molecular weight is 252 g/mol. The predicted molar refractivity (Wildman–Crippen MR) is 66.9 cm³/mol. The molecule has 1 aliphatic heterocycles. The van der Waals surface area contributed by atoms with Gasteiger partial charge >= 0.3 is 0 Å². The molecule has 0 aliphatic carbocycles. The third-order valence-electron chi connectivity index (χ3n) is 3.11. The lowest BCUT2D eigenvalue weighted by Crippen LogP contribution is -2.47. The first kappa shape index (κ1) is 13.5. The lowest BCUT2D eigenvalue weighted by Gasteiger charge is -2.36. The highest BCUT2D eigenvalue weighted by Crippen LogP contribution is 2.28. The molecule has 1 aromatic rings. The number of rotatable bonds is 4. The molecule has 1 fully saturated rings. The summed E-state index contributed by atoms with van der Waals surface area (Å²) in [6, 6.07) is 9.55. The highest BCUT2D eigenvalue weighted by atomic mass is 16.7. The molecule has 2 N–H and O–H groups in total. The summed E-state index contributed by atoms with van der Waals surface area (Å²) in [6.07, 6.45) is -1.05. The normalized spacial score (nSPS) is 30.1. The molecule has 18 heavy (non-hydrogen) atoms. The Morgan fingerprint density at radius 2 is 2.06 bits per heavy atom. The molecule has 0 amide bonds. The molecule has 1 saturated heterocycles. The Hall–Kier alpha value is -0.940. The fraction of sp³-hybridized carbons (Fsp3) is 0.571. The summed E-state index contributed by atoms with van der Waals surface area (Å²) in [5.74, 6) is 0. The van der Waals surface area contributed by atoms with E-state index >= 15 is 0 Å². The SMILES string of the molecule is CCC[C@@H](O)C1OC(c2ccccc2)OCC1O. The molecular formula is C14H20O4. The number of aliphatic hydroxyl groups is 2. The van der Waals surface area contributed by atoms with Crippen molar-refractivity contribution in [2.75, 3.05) is 6.61 Å². The Balaban J connectivity index is 2.04. The largest absolute Gasteiger partial charge is 0.390 e. The minimum Gasteiger partial charge on any atom is -0.390 e. The Labute approximate surface area is 107 Å². The van der Waals surface area contributed by atoms with Crippen molar-refractivity contribution in [2.24, 2.45) is 0 Å². The lowest BCUT2D eigenvalue weighted by atomic mass is 10.0. The van der Waals surface area contributed by atoms with Gasteiger partial charge in [0.2, 0.25) is 0 Å². The van der Waals surface area contributed by atoms with Crippen LogP contribution in [0.1, 0.15) is 31.6 Å². The number of ether oxygens (including phenoxy) is 2. The predicted octanol–water partition coefficient (Wildman–Crippen LogP) is 1.62. The van der Waals surface area contributed by atoms with E-state index in [1.807, 2.05) is 37.3 Å². The molecule has 1 aromatic carbocycles. The topological polar surface area (TPSA) is 58.9 Å². The van der Waals surface area contributed by atoms with E-state index in [1.165, 1.54) is 0 Å². The van der Waals surface area contributed by atoms with Crippen LogP contribution in [0.15, 0.2) is 30.3 Å². The summed E-state index contributed by atoms with van der Waals surface area (Å²) in [6.45, 7) is 2.18. The number of benzene rings is 1. The van der Waals surface area contributed by atoms with Gasteiger partial charge in [-0.3, -0.25) is 0 Å². The summed E-state index contributed by atoms with van der Waals surface area (Å²) in [7, 11) is 0. The molecule has 4 nitrogen and oxygen atoms in total. The summed E-state index contributed by atoms with van der Waals surface area (Å²) >= 11 is 0. The summed E-state index contributed by atoms with van der Waals surface area (Å²) in [4.78, 5) is 0. The minimum absolute atomic E-state index is 0.186. The van der Waals surface area contributed by atoms with Crippen LogP contribution in [0, 0.1) is 0 Å². The average Bonchev–Trinajstić information content (AvgIpc) is 2.40. The molecule has 0 bridgehead atoms. The highest BCUT2D eigenvalue weighted by molar-refractivity contribution is 5.16. The van der Waals surface area contributed by atoms with Crippen LogP contribution < -0.4 is 0 Å². The first-order valence-corrected chi connectivity index (χ1v) is 6.40. The van der Waals surface area contributed by atoms with E-state index in [-0.39, 0.29) is 6.61 Å². The number of hydrogen-bond donors (Lipinski definition) is 2. The zero-order valence-electron chi connectivity index (χ0n) is 10.5. The van der Waals surface area contributed by atoms with E-state index in [4.69, 9.17) is 9.47 Å². The molecule has 2 rings (SSSR count). The first-order chi connectivity index (χ1) is 8.72. The summed E-state index contributed by atoms with van der Waals surface area (Å²) < 4.78 is 11.1. The monoisotopic (exact) mass is 252 g/mol. The van der Waals surface area contributed by atoms with Gasteiger partial charge in [-0.1, -0.05) is 43.7 Å². The van der Waals surface area contributed by atoms with Gasteiger partial charge in [-0.25, -0.2) is 0 Å². The van der Waals surface area contributed by atoms with Gasteiger partial charge in [0.1, 0.15) is 12.2 Å². The molecule has 4 heteroatoms. The molecule has 4 atom stereocenters. The summed E-state index contributed by atoms with van der Waals surface area (Å²) in [5.41, 5.74) is 0.901. The second-order valence-corrected chi connectivity index (χ2v) is 4.60. The molecule has 1 aliphatic rings. The fourth-order valence-electron chi connectivity index (χ4n) is 2.15. The molecule has 0 radical (unpaired) electrons. The summed E-state index contributed by atoms with van der Waals surface area (Å²) in [5, 5.41) is 19.8. The van der Waals surface area contributed by atoms with E-state index in [9.17, 15) is 10.2 Å². The fourth-order valence-corrected chi connectivity index (χ4v) is 2.15. The zero-order chi connectivity index (χ0) is 13.0. The van der Waals surface area contributed by atoms with Crippen LogP contribution in [0.4, 0.5) is 0 Å². The standard InChI is InChI=1S/C14H20O4/c1-2-6-11(15)13-12(16)9-17-14(18-13)10-7-4-3-5-8-10/h3-5,7-8,11-16H,2,6,9H2,1H3/t11-,12?,13?,14?/m1/s1. The van der Waals surface area contributed by atoms with E-state index in [0.717, 1.165) is 12.0 Å². The molecule has 0 spiro atoms. The molecule has 0 saturated carbocycles. The van der Waals surface area contributed by atoms with Crippen molar-refractivity contribution < 1.29 is 19.7 Å². The van der Waals surface area contributed by atoms with Crippen LogP contribution in [-0.4, -0.2) is 35.1 Å². The molecule has 1 heterocycles. The number of hydrogen-bond acceptors (Lipinski definition) is 4. The van der Waals surface area contributed by atoms with Crippen molar-refractivity contribution in [1.29, 1.82) is 0 Å². The van der Waals surface area contributed by atoms with E-state index in [2.05, 4.69) is 0 Å². The van der Waals surface area contributed by atoms with Crippen molar-refractivity contribution in [3.63, 3.8) is 0 Å². The maximum absolute atomic E-state index is 9.97. The zero-order valence-corrected chi connectivity index (χ0v) is 10.5. The second kappa shape index (κ2) is 6.29. The Morgan fingerprint density at radius 1 is 1.33 bits per heavy atom. The van der Waals surface area contributed by atoms with Crippen molar-refractivity contribution in [3.8, 4) is 0 Å². The van der Waals surface area contributed by atoms with Crippen LogP contribution in [0.3, 0.4) is 0 Å². The van der Waals surface area contributed by atoms with E-state index < -0.39 is 24.6 Å². The molecule has 0 aromatic heterocycles. The maximum Gasteiger partial charge on any atom is 0.184 e. The Morgan fingerprint density at radius 3 is 2.72 bits per heavy atom. The Kier molecular flexibility index (Phi) is 4.72. The first-order valence-electron chi connectivity index (χ1n) is 6.40. The highest BCUT2D eigenvalue weighted by Gasteiger charge is 2.35. The second-order valence-electron chi connectivity index (χ2n) is 4.60. The van der Waals surface area contributed by atoms with Crippen molar-refractivity contribution >= 4 is 0 Å². The van der Waals surface area contributed by atoms with Gasteiger partial charge in [0, 0.05) is 5.56 Å². The van der Waals surface area contributed by atoms with E-state index in [1.54, 1.807) is 0 Å². The third kappa shape index (κ3) is 3.09. The lowest BCUT2D eigenvalue weighted by molar-refractivity contribution is -0.276. The molecule has 3 unspecified atom stereocenters. The van der Waals surface area contributed by atoms with Crippen molar-refractivity contribution in [3.05, 3.63) is 35.9 Å². The number of aliphatic hydroxyl groups excluding tert-OH is 2. The van der Waals surface area contributed by atoms with Gasteiger partial charge in [-0.15, -0.1) is 0 Å².